The van der Waals surface area contributed by atoms with Gasteiger partial charge in [-0.25, -0.2) is 4.68 Å². The van der Waals surface area contributed by atoms with Gasteiger partial charge in [0.2, 0.25) is 11.8 Å². The van der Waals surface area contributed by atoms with Crippen LogP contribution in [0.4, 0.5) is 5.69 Å². The summed E-state index contributed by atoms with van der Waals surface area (Å²) in [6.45, 7) is 0.312. The smallest absolute Gasteiger partial charge is 0.309 e. The number of nitrogens with zero attached hydrogens (tertiary/aromatic N) is 4. The molecule has 0 saturated heterocycles. The van der Waals surface area contributed by atoms with Crippen molar-refractivity contribution < 1.29 is 23.9 Å². The highest BCUT2D eigenvalue weighted by Crippen LogP contribution is 2.25. The van der Waals surface area contributed by atoms with Gasteiger partial charge in [-0.3, -0.25) is 19.2 Å². The summed E-state index contributed by atoms with van der Waals surface area (Å²) in [4.78, 5) is 50.8. The molecule has 1 unspecified atom stereocenters. The van der Waals surface area contributed by atoms with Gasteiger partial charge in [0.1, 0.15) is 6.33 Å². The highest BCUT2D eigenvalue weighted by molar-refractivity contribution is 6.30. The topological polar surface area (TPSA) is 145 Å². The summed E-state index contributed by atoms with van der Waals surface area (Å²) in [5.74, 6) is -1.83. The van der Waals surface area contributed by atoms with Gasteiger partial charge in [0.25, 0.3) is 0 Å². The van der Waals surface area contributed by atoms with Crippen LogP contribution in [0.1, 0.15) is 47.2 Å². The normalized spacial score (nSPS) is 16.6. The van der Waals surface area contributed by atoms with E-state index in [2.05, 4.69) is 26.2 Å². The van der Waals surface area contributed by atoms with E-state index < -0.39 is 11.9 Å². The Hall–Kier alpha value is -4.38. The summed E-state index contributed by atoms with van der Waals surface area (Å²) in [5, 5.41) is 17.6. The number of carbonyl (C=O) groups excluding carboxylic acids is 4. The third kappa shape index (κ3) is 7.60. The van der Waals surface area contributed by atoms with E-state index in [4.69, 9.17) is 16.3 Å². The predicted molar refractivity (Wildman–Crippen MR) is 147 cm³/mol. The number of tetrazole rings is 1. The van der Waals surface area contributed by atoms with Gasteiger partial charge in [0, 0.05) is 35.9 Å². The van der Waals surface area contributed by atoms with E-state index >= 15 is 0 Å². The van der Waals surface area contributed by atoms with Crippen molar-refractivity contribution in [3.8, 4) is 5.69 Å². The number of fused-ring (bicyclic) bond motifs is 1. The van der Waals surface area contributed by atoms with Gasteiger partial charge in [-0.05, 0) is 71.1 Å². The number of rotatable bonds is 7. The lowest BCUT2D eigenvalue weighted by Gasteiger charge is -2.18. The fourth-order valence-corrected chi connectivity index (χ4v) is 4.62. The molecule has 0 aliphatic carbocycles. The fourth-order valence-electron chi connectivity index (χ4n) is 4.42. The number of hydrogen-bond donors (Lipinski definition) is 2. The van der Waals surface area contributed by atoms with Gasteiger partial charge in [-0.15, -0.1) is 5.10 Å². The fraction of sp³-hybridized carbons (Fsp3) is 0.321. The lowest BCUT2D eigenvalue weighted by molar-refractivity contribution is -0.139. The van der Waals surface area contributed by atoms with Crippen LogP contribution in [0.25, 0.3) is 5.69 Å². The number of amides is 2. The van der Waals surface area contributed by atoms with Crippen LogP contribution < -0.4 is 10.6 Å². The molecule has 0 radical (unpaired) electrons. The third-order valence-corrected chi connectivity index (χ3v) is 6.73. The average molecular weight is 565 g/mol. The zero-order valence-electron chi connectivity index (χ0n) is 21.9. The Morgan fingerprint density at radius 3 is 2.80 bits per heavy atom. The number of benzene rings is 2. The maximum Gasteiger partial charge on any atom is 0.309 e. The third-order valence-electron chi connectivity index (χ3n) is 6.49. The molecule has 2 N–H and O–H groups in total. The van der Waals surface area contributed by atoms with Crippen LogP contribution in [-0.2, 0) is 32.0 Å². The first kappa shape index (κ1) is 28.6. The SMILES string of the molecule is COC(=O)Cc1ccc2c(c1)NC(=O)CC/C=C\CC(C(=O)NCCc1cc(Cl)ccc1-n1cnnn1)CC2=O. The quantitative estimate of drug-likeness (QED) is 0.328. The molecule has 1 atom stereocenters. The molecule has 11 nitrogen and oxygen atoms in total. The Kier molecular flexibility index (Phi) is 9.74. The van der Waals surface area contributed by atoms with E-state index in [0.29, 0.717) is 42.1 Å². The number of methoxy groups -OCH3 is 1. The van der Waals surface area contributed by atoms with Crippen molar-refractivity contribution in [2.75, 3.05) is 19.0 Å². The highest BCUT2D eigenvalue weighted by atomic mass is 35.5. The molecule has 1 aliphatic heterocycles. The number of anilines is 1. The van der Waals surface area contributed by atoms with Crippen LogP contribution in [0.2, 0.25) is 5.02 Å². The van der Waals surface area contributed by atoms with E-state index in [1.54, 1.807) is 36.4 Å². The predicted octanol–water partition coefficient (Wildman–Crippen LogP) is 3.26. The van der Waals surface area contributed by atoms with Crippen LogP contribution >= 0.6 is 11.6 Å². The molecule has 0 spiro atoms. The van der Waals surface area contributed by atoms with E-state index in [9.17, 15) is 19.2 Å². The van der Waals surface area contributed by atoms with E-state index in [1.165, 1.54) is 18.1 Å². The number of ketones is 1. The molecule has 208 valence electrons. The van der Waals surface area contributed by atoms with Gasteiger partial charge < -0.3 is 15.4 Å². The van der Waals surface area contributed by atoms with Crippen LogP contribution in [0.15, 0.2) is 54.9 Å². The Morgan fingerprint density at radius 2 is 2.02 bits per heavy atom. The summed E-state index contributed by atoms with van der Waals surface area (Å²) in [5.41, 5.74) is 2.80. The minimum absolute atomic E-state index is 0.00334. The number of halogens is 1. The van der Waals surface area contributed by atoms with Gasteiger partial charge in [0.05, 0.1) is 24.9 Å². The largest absolute Gasteiger partial charge is 0.469 e. The van der Waals surface area contributed by atoms with E-state index in [-0.39, 0.29) is 42.4 Å². The van der Waals surface area contributed by atoms with Crippen molar-refractivity contribution in [1.29, 1.82) is 0 Å². The maximum absolute atomic E-state index is 13.4. The second-order valence-electron chi connectivity index (χ2n) is 9.32. The highest BCUT2D eigenvalue weighted by Gasteiger charge is 2.24. The minimum atomic E-state index is -0.611. The molecule has 0 saturated carbocycles. The van der Waals surface area contributed by atoms with Crippen molar-refractivity contribution in [1.82, 2.24) is 25.5 Å². The zero-order chi connectivity index (χ0) is 28.5. The number of Topliss-reactive ketones (excluding diaryl/α,β-unsaturated/α-hetero) is 1. The van der Waals surface area contributed by atoms with Crippen LogP contribution in [0.3, 0.4) is 0 Å². The van der Waals surface area contributed by atoms with Crippen molar-refractivity contribution in [2.24, 2.45) is 5.92 Å². The maximum atomic E-state index is 13.4. The number of carbonyl (C=O) groups is 4. The summed E-state index contributed by atoms with van der Waals surface area (Å²) in [6.07, 6.45) is 6.62. The van der Waals surface area contributed by atoms with Crippen molar-refractivity contribution in [3.63, 3.8) is 0 Å². The molecule has 40 heavy (non-hydrogen) atoms. The monoisotopic (exact) mass is 564 g/mol. The van der Waals surface area contributed by atoms with Crippen LogP contribution in [0, 0.1) is 5.92 Å². The first-order chi connectivity index (χ1) is 19.3. The molecular formula is C28H29ClN6O5. The molecule has 4 rings (SSSR count). The lowest BCUT2D eigenvalue weighted by atomic mass is 9.92. The molecule has 0 bridgehead atoms. The molecule has 3 aromatic rings. The number of ether oxygens (including phenoxy) is 1. The molecular weight excluding hydrogens is 536 g/mol. The van der Waals surface area contributed by atoms with Crippen molar-refractivity contribution >= 4 is 40.9 Å². The summed E-state index contributed by atoms with van der Waals surface area (Å²) in [7, 11) is 1.29. The molecule has 2 amide bonds. The van der Waals surface area contributed by atoms with E-state index in [0.717, 1.165) is 11.3 Å². The second-order valence-corrected chi connectivity index (χ2v) is 9.76. The molecule has 2 heterocycles. The average Bonchev–Trinajstić information content (AvgIpc) is 3.46. The molecule has 1 aliphatic rings. The van der Waals surface area contributed by atoms with Gasteiger partial charge in [-0.1, -0.05) is 29.8 Å². The zero-order valence-corrected chi connectivity index (χ0v) is 22.7. The van der Waals surface area contributed by atoms with Gasteiger partial charge in [-0.2, -0.15) is 0 Å². The van der Waals surface area contributed by atoms with Gasteiger partial charge in [0.15, 0.2) is 5.78 Å². The van der Waals surface area contributed by atoms with Crippen LogP contribution in [0.5, 0.6) is 0 Å². The Bertz CT molecular complexity index is 1420. The second kappa shape index (κ2) is 13.6. The van der Waals surface area contributed by atoms with Crippen LogP contribution in [-0.4, -0.2) is 57.4 Å². The summed E-state index contributed by atoms with van der Waals surface area (Å²) < 4.78 is 6.25. The minimum Gasteiger partial charge on any atom is -0.469 e. The van der Waals surface area contributed by atoms with Gasteiger partial charge >= 0.3 is 5.97 Å². The Balaban J connectivity index is 1.48. The van der Waals surface area contributed by atoms with Crippen molar-refractivity contribution in [2.45, 2.75) is 38.5 Å². The van der Waals surface area contributed by atoms with E-state index in [1.807, 2.05) is 12.2 Å². The molecule has 12 heteroatoms. The number of allylic oxidation sites excluding steroid dienone is 2. The molecule has 2 aromatic carbocycles. The van der Waals surface area contributed by atoms with Crippen molar-refractivity contribution in [3.05, 3.63) is 76.6 Å². The Morgan fingerprint density at radius 1 is 1.18 bits per heavy atom. The number of aromatic nitrogens is 4. The first-order valence-electron chi connectivity index (χ1n) is 12.8. The standard InChI is InChI=1S/C28H29ClN6O5/c1-40-27(38)14-18-7-9-22-23(13-18)32-26(37)6-4-2-3-5-20(16-25(22)36)28(39)30-12-11-19-15-21(29)8-10-24(19)35-17-31-33-34-35/h2-3,7-10,13,15,17,20H,4-6,11-12,14,16H2,1H3,(H,30,39)(H,32,37)/b3-2-. The first-order valence-corrected chi connectivity index (χ1v) is 13.2. The summed E-state index contributed by atoms with van der Waals surface area (Å²) in [6, 6.07) is 10.2. The summed E-state index contributed by atoms with van der Waals surface area (Å²) >= 11 is 6.19. The number of hydrogen-bond acceptors (Lipinski definition) is 8. The molecule has 0 fully saturated rings. The number of esters is 1. The lowest BCUT2D eigenvalue weighted by Crippen LogP contribution is -2.33. The Labute approximate surface area is 235 Å². The number of nitrogens with one attached hydrogen (secondary N) is 2. The molecule has 1 aromatic heterocycles.